The molecule has 9 atom stereocenters. The summed E-state index contributed by atoms with van der Waals surface area (Å²) in [5.74, 6) is -1.13. The minimum atomic E-state index is -1.66. The zero-order chi connectivity index (χ0) is 36.5. The number of nitrogens with one attached hydrogen (secondary N) is 7. The lowest BCUT2D eigenvalue weighted by atomic mass is 9.72. The maximum Gasteiger partial charge on any atom is 0.245 e. The van der Waals surface area contributed by atoms with Crippen LogP contribution in [0, 0.1) is 0 Å². The highest BCUT2D eigenvalue weighted by Gasteiger charge is 2.88. The predicted molar refractivity (Wildman–Crippen MR) is 187 cm³/mol. The summed E-state index contributed by atoms with van der Waals surface area (Å²) in [6, 6.07) is 1.47. The van der Waals surface area contributed by atoms with Gasteiger partial charge in [0, 0.05) is 56.7 Å². The Morgan fingerprint density at radius 2 is 2.02 bits per heavy atom. The van der Waals surface area contributed by atoms with Gasteiger partial charge in [-0.3, -0.25) is 15.3 Å². The molecule has 4 fully saturated rings. The van der Waals surface area contributed by atoms with Gasteiger partial charge in [-0.05, 0) is 6.07 Å². The van der Waals surface area contributed by atoms with Crippen molar-refractivity contribution in [3.8, 4) is 0 Å². The van der Waals surface area contributed by atoms with Crippen LogP contribution in [0.2, 0.25) is 0 Å². The number of hydrogen-bond acceptors (Lipinski definition) is 21. The number of H-pyrrole nitrogens is 1. The SMILES string of the molecule is C1=COC(C2(C3=COCN3)OC(N3C=COC3)(C3(c4ccn[nH]4)COC(C4CC=NN4)N3C3C=NNC3)N(N3CCOC3)C2(C2=CNCO2)C2NCCO2)N1. The van der Waals surface area contributed by atoms with Crippen LogP contribution >= 0.6 is 0 Å². The third-order valence-corrected chi connectivity index (χ3v) is 12.0. The fourth-order valence-electron chi connectivity index (χ4n) is 10.0. The Balaban J connectivity index is 1.28. The lowest BCUT2D eigenvalue weighted by molar-refractivity contribution is -0.336. The molecule has 4 saturated heterocycles. The average molecular weight is 765 g/mol. The summed E-state index contributed by atoms with van der Waals surface area (Å²) in [6.07, 6.45) is 14.6. The zero-order valence-corrected chi connectivity index (χ0v) is 29.8. The van der Waals surface area contributed by atoms with Crippen molar-refractivity contribution in [1.82, 2.24) is 62.1 Å². The van der Waals surface area contributed by atoms with Crippen molar-refractivity contribution in [2.75, 3.05) is 66.4 Å². The molecule has 10 aliphatic rings. The molecule has 0 aromatic carbocycles. The molecule has 0 saturated carbocycles. The molecule has 1 aromatic heterocycles. The van der Waals surface area contributed by atoms with Crippen molar-refractivity contribution < 1.29 is 37.9 Å². The Labute approximate surface area is 315 Å². The lowest BCUT2D eigenvalue weighted by Gasteiger charge is -2.59. The van der Waals surface area contributed by atoms with E-state index in [4.69, 9.17) is 37.9 Å². The van der Waals surface area contributed by atoms with Crippen molar-refractivity contribution in [3.63, 3.8) is 0 Å². The van der Waals surface area contributed by atoms with Crippen LogP contribution in [0.25, 0.3) is 0 Å². The van der Waals surface area contributed by atoms with Crippen molar-refractivity contribution in [2.24, 2.45) is 10.2 Å². The zero-order valence-electron chi connectivity index (χ0n) is 29.8. The van der Waals surface area contributed by atoms with E-state index in [0.29, 0.717) is 56.4 Å². The third-order valence-electron chi connectivity index (χ3n) is 12.0. The predicted octanol–water partition coefficient (Wildman–Crippen LogP) is -2.80. The van der Waals surface area contributed by atoms with E-state index in [2.05, 4.69) is 72.3 Å². The summed E-state index contributed by atoms with van der Waals surface area (Å²) >= 11 is 0. The van der Waals surface area contributed by atoms with Gasteiger partial charge < -0.3 is 64.7 Å². The molecule has 9 unspecified atom stereocenters. The van der Waals surface area contributed by atoms with E-state index in [1.165, 1.54) is 0 Å². The van der Waals surface area contributed by atoms with Gasteiger partial charge in [0.25, 0.3) is 0 Å². The molecule has 294 valence electrons. The van der Waals surface area contributed by atoms with Crippen LogP contribution in [0.4, 0.5) is 0 Å². The molecule has 0 radical (unpaired) electrons. The van der Waals surface area contributed by atoms with Gasteiger partial charge >= 0.3 is 0 Å². The highest BCUT2D eigenvalue weighted by atomic mass is 16.6. The van der Waals surface area contributed by atoms with E-state index in [0.717, 1.165) is 0 Å². The quantitative estimate of drug-likeness (QED) is 0.128. The van der Waals surface area contributed by atoms with Crippen molar-refractivity contribution in [3.05, 3.63) is 66.8 Å². The van der Waals surface area contributed by atoms with Crippen LogP contribution in [0.15, 0.2) is 71.3 Å². The molecule has 22 nitrogen and oxygen atoms in total. The molecular formula is C33H44N14O8. The number of aromatic amines is 1. The summed E-state index contributed by atoms with van der Waals surface area (Å²) in [7, 11) is 0. The second-order valence-electron chi connectivity index (χ2n) is 14.5. The second-order valence-corrected chi connectivity index (χ2v) is 14.5. The van der Waals surface area contributed by atoms with Crippen LogP contribution in [-0.2, 0) is 43.4 Å². The first-order valence-corrected chi connectivity index (χ1v) is 18.6. The molecule has 11 heterocycles. The maximum atomic E-state index is 8.40. The van der Waals surface area contributed by atoms with Gasteiger partial charge in [-0.25, -0.2) is 9.91 Å². The first-order chi connectivity index (χ1) is 27.2. The molecule has 11 rings (SSSR count). The minimum absolute atomic E-state index is 0.102. The fraction of sp³-hybridized carbons (Fsp3) is 0.606. The third kappa shape index (κ3) is 4.38. The van der Waals surface area contributed by atoms with E-state index < -0.39 is 41.2 Å². The molecule has 55 heavy (non-hydrogen) atoms. The first-order valence-electron chi connectivity index (χ1n) is 18.6. The van der Waals surface area contributed by atoms with Crippen LogP contribution in [0.5, 0.6) is 0 Å². The van der Waals surface area contributed by atoms with Crippen molar-refractivity contribution in [2.45, 2.75) is 59.7 Å². The summed E-state index contributed by atoms with van der Waals surface area (Å²) in [5.41, 5.74) is 3.50. The summed E-state index contributed by atoms with van der Waals surface area (Å²) < 4.78 is 54.2. The van der Waals surface area contributed by atoms with Gasteiger partial charge in [0.2, 0.25) is 17.7 Å². The molecule has 0 spiro atoms. The number of ether oxygens (including phenoxy) is 8. The van der Waals surface area contributed by atoms with Gasteiger partial charge in [0.15, 0.2) is 31.3 Å². The molecule has 0 bridgehead atoms. The number of hydrazine groups is 1. The Kier molecular flexibility index (Phi) is 7.85. The summed E-state index contributed by atoms with van der Waals surface area (Å²) in [6.45, 7) is 3.26. The molecular weight excluding hydrogens is 720 g/mol. The van der Waals surface area contributed by atoms with Gasteiger partial charge in [-0.1, -0.05) is 0 Å². The van der Waals surface area contributed by atoms with Gasteiger partial charge in [-0.2, -0.15) is 20.3 Å². The Morgan fingerprint density at radius 3 is 2.69 bits per heavy atom. The maximum absolute atomic E-state index is 8.40. The lowest BCUT2D eigenvalue weighted by Crippen LogP contribution is -2.82. The molecule has 22 heteroatoms. The number of hydrogen-bond donors (Lipinski definition) is 7. The van der Waals surface area contributed by atoms with E-state index in [-0.39, 0.29) is 45.6 Å². The number of nitrogens with zero attached hydrogens (tertiary/aromatic N) is 7. The summed E-state index contributed by atoms with van der Waals surface area (Å²) in [4.78, 5) is 4.41. The van der Waals surface area contributed by atoms with Crippen LogP contribution < -0.4 is 32.1 Å². The van der Waals surface area contributed by atoms with Gasteiger partial charge in [-0.15, -0.1) is 0 Å². The molecule has 7 N–H and O–H groups in total. The number of rotatable bonds is 10. The molecule has 0 amide bonds. The highest BCUT2D eigenvalue weighted by molar-refractivity contribution is 5.67. The number of aromatic nitrogens is 2. The van der Waals surface area contributed by atoms with Crippen molar-refractivity contribution in [1.29, 1.82) is 0 Å². The fourth-order valence-corrected chi connectivity index (χ4v) is 10.0. The van der Waals surface area contributed by atoms with E-state index in [1.807, 2.05) is 30.9 Å². The van der Waals surface area contributed by atoms with E-state index >= 15 is 0 Å². The Bertz CT molecular complexity index is 1790. The highest BCUT2D eigenvalue weighted by Crippen LogP contribution is 2.66. The largest absolute Gasteiger partial charge is 0.479 e. The molecule has 1 aromatic rings. The van der Waals surface area contributed by atoms with E-state index in [1.54, 1.807) is 31.2 Å². The standard InChI is InChI=1S/C33H44N14O8/c1-3-38-42-23(1)27-46(22-13-40-41-14-22)30(17-53-27,24-2-4-39-43-24)33(44-7-11-48-20-44)47(45-8-12-49-21-45)31(26-15-34-18-54-26,28-35-5-9-51-28)32(55-33,25-16-50-19-37-25)29-36-6-10-52-29/h2-4,6-7,10-11,13,15-16,22-23,27-29,34-37,41-42H,1,5,8-9,12,14,17-21H2,(H,39,43). The summed E-state index contributed by atoms with van der Waals surface area (Å²) in [5, 5.41) is 35.4. The minimum Gasteiger partial charge on any atom is -0.479 e. The average Bonchev–Trinajstić information content (AvgIpc) is 4.09. The van der Waals surface area contributed by atoms with Crippen molar-refractivity contribution >= 4 is 12.4 Å². The van der Waals surface area contributed by atoms with Crippen LogP contribution in [0.1, 0.15) is 12.1 Å². The molecule has 10 aliphatic heterocycles. The smallest absolute Gasteiger partial charge is 0.245 e. The normalized spacial score (nSPS) is 42.1. The monoisotopic (exact) mass is 764 g/mol. The first kappa shape index (κ1) is 33.5. The van der Waals surface area contributed by atoms with E-state index in [9.17, 15) is 0 Å². The molecule has 0 aliphatic carbocycles. The van der Waals surface area contributed by atoms with Gasteiger partial charge in [0.1, 0.15) is 43.7 Å². The van der Waals surface area contributed by atoms with Crippen LogP contribution in [-0.4, -0.2) is 157 Å². The Hall–Kier alpha value is -4.81. The topological polar surface area (TPSA) is 212 Å². The van der Waals surface area contributed by atoms with Crippen LogP contribution in [0.3, 0.4) is 0 Å². The number of hydrazone groups is 2. The van der Waals surface area contributed by atoms with Gasteiger partial charge in [0.05, 0.1) is 49.8 Å². The Morgan fingerprint density at radius 1 is 1.02 bits per heavy atom. The second kappa shape index (κ2) is 12.9.